The van der Waals surface area contributed by atoms with Gasteiger partial charge in [-0.2, -0.15) is 13.2 Å². The van der Waals surface area contributed by atoms with Gasteiger partial charge in [-0.05, 0) is 29.8 Å². The fraction of sp³-hybridized carbons (Fsp3) is 0.0625. The van der Waals surface area contributed by atoms with Gasteiger partial charge in [-0.25, -0.2) is 0 Å². The smallest absolute Gasteiger partial charge is 0.450 e. The first-order valence-corrected chi connectivity index (χ1v) is 7.19. The molecule has 0 aliphatic carbocycles. The minimum absolute atomic E-state index is 0.0336. The summed E-state index contributed by atoms with van der Waals surface area (Å²) in [6.07, 6.45) is -4.85. The van der Waals surface area contributed by atoms with Crippen molar-refractivity contribution in [3.05, 3.63) is 62.9 Å². The Labute approximate surface area is 136 Å². The maximum absolute atomic E-state index is 13.3. The summed E-state index contributed by atoms with van der Waals surface area (Å²) < 4.78 is 45.5. The van der Waals surface area contributed by atoms with Crippen LogP contribution in [0.1, 0.15) is 5.76 Å². The van der Waals surface area contributed by atoms with Crippen LogP contribution in [-0.4, -0.2) is 5.11 Å². The first-order valence-electron chi connectivity index (χ1n) is 6.40. The largest absolute Gasteiger partial charge is 0.508 e. The zero-order valence-corrected chi connectivity index (χ0v) is 12.9. The third kappa shape index (κ3) is 2.84. The summed E-state index contributed by atoms with van der Waals surface area (Å²) in [5.41, 5.74) is -1.57. The average molecular weight is 385 g/mol. The van der Waals surface area contributed by atoms with Crippen molar-refractivity contribution >= 4 is 26.9 Å². The van der Waals surface area contributed by atoms with E-state index in [1.54, 1.807) is 0 Å². The van der Waals surface area contributed by atoms with E-state index < -0.39 is 22.9 Å². The highest BCUT2D eigenvalue weighted by Crippen LogP contribution is 2.37. The second kappa shape index (κ2) is 5.42. The molecule has 0 bridgehead atoms. The van der Waals surface area contributed by atoms with Crippen LogP contribution in [0.15, 0.2) is 56.1 Å². The second-order valence-corrected chi connectivity index (χ2v) is 5.74. The number of phenols is 1. The van der Waals surface area contributed by atoms with E-state index in [9.17, 15) is 23.1 Å². The van der Waals surface area contributed by atoms with Gasteiger partial charge in [-0.15, -0.1) is 0 Å². The molecule has 23 heavy (non-hydrogen) atoms. The van der Waals surface area contributed by atoms with Gasteiger partial charge in [0.15, 0.2) is 0 Å². The normalized spacial score (nSPS) is 11.8. The minimum atomic E-state index is -4.85. The van der Waals surface area contributed by atoms with Crippen LogP contribution in [0.25, 0.3) is 22.1 Å². The lowest BCUT2D eigenvalue weighted by Gasteiger charge is -2.12. The lowest BCUT2D eigenvalue weighted by atomic mass is 10.0. The molecule has 1 N–H and O–H groups in total. The number of hydrogen-bond acceptors (Lipinski definition) is 3. The molecule has 0 saturated carbocycles. The minimum Gasteiger partial charge on any atom is -0.508 e. The van der Waals surface area contributed by atoms with Crippen molar-refractivity contribution in [3.63, 3.8) is 0 Å². The Kier molecular flexibility index (Phi) is 3.68. The summed E-state index contributed by atoms with van der Waals surface area (Å²) in [6.45, 7) is 0. The van der Waals surface area contributed by atoms with E-state index in [2.05, 4.69) is 15.9 Å². The van der Waals surface area contributed by atoms with Gasteiger partial charge in [0.05, 0.1) is 10.9 Å². The molecular weight excluding hydrogens is 377 g/mol. The topological polar surface area (TPSA) is 50.4 Å². The molecule has 0 saturated heterocycles. The van der Waals surface area contributed by atoms with Crippen molar-refractivity contribution in [3.8, 4) is 16.9 Å². The van der Waals surface area contributed by atoms with Crippen LogP contribution >= 0.6 is 15.9 Å². The predicted molar refractivity (Wildman–Crippen MR) is 82.3 cm³/mol. The van der Waals surface area contributed by atoms with Gasteiger partial charge in [0.1, 0.15) is 11.3 Å². The van der Waals surface area contributed by atoms with Crippen LogP contribution in [0.4, 0.5) is 13.2 Å². The number of alkyl halides is 3. The van der Waals surface area contributed by atoms with Crippen molar-refractivity contribution in [2.75, 3.05) is 0 Å². The van der Waals surface area contributed by atoms with Crippen LogP contribution in [-0.2, 0) is 6.18 Å². The summed E-state index contributed by atoms with van der Waals surface area (Å²) in [7, 11) is 0. The lowest BCUT2D eigenvalue weighted by molar-refractivity contribution is -0.152. The third-order valence-electron chi connectivity index (χ3n) is 3.27. The van der Waals surface area contributed by atoms with Crippen LogP contribution in [0.3, 0.4) is 0 Å². The van der Waals surface area contributed by atoms with Crippen molar-refractivity contribution in [2.45, 2.75) is 6.18 Å². The fourth-order valence-corrected chi connectivity index (χ4v) is 2.52. The molecule has 0 aliphatic heterocycles. The van der Waals surface area contributed by atoms with E-state index in [1.807, 2.05) is 0 Å². The Morgan fingerprint density at radius 2 is 1.70 bits per heavy atom. The maximum Gasteiger partial charge on any atom is 0.450 e. The average Bonchev–Trinajstić information content (AvgIpc) is 2.47. The van der Waals surface area contributed by atoms with Crippen molar-refractivity contribution < 1.29 is 22.7 Å². The van der Waals surface area contributed by atoms with Gasteiger partial charge in [0.25, 0.3) is 0 Å². The number of phenolic OH excluding ortho intramolecular Hbond substituents is 1. The molecule has 2 aromatic carbocycles. The summed E-state index contributed by atoms with van der Waals surface area (Å²) >= 11 is 3.19. The molecule has 0 aliphatic rings. The van der Waals surface area contributed by atoms with Crippen LogP contribution in [0.2, 0.25) is 0 Å². The Hall–Kier alpha value is -2.28. The molecule has 0 amide bonds. The molecule has 1 aromatic heterocycles. The van der Waals surface area contributed by atoms with E-state index in [0.29, 0.717) is 4.47 Å². The molecule has 7 heteroatoms. The first-order chi connectivity index (χ1) is 10.8. The van der Waals surface area contributed by atoms with Crippen molar-refractivity contribution in [2.24, 2.45) is 0 Å². The molecule has 3 aromatic rings. The standard InChI is InChI=1S/C16H8BrF3O3/c17-9-3-1-8(2-4-9)13-14(22)11-6-5-10(21)7-12(11)23-15(13)16(18,19)20/h1-7,21H. The van der Waals surface area contributed by atoms with Crippen molar-refractivity contribution in [1.29, 1.82) is 0 Å². The third-order valence-corrected chi connectivity index (χ3v) is 3.79. The van der Waals surface area contributed by atoms with Crippen molar-refractivity contribution in [1.82, 2.24) is 0 Å². The molecule has 3 rings (SSSR count). The zero-order chi connectivity index (χ0) is 16.8. The van der Waals surface area contributed by atoms with Gasteiger partial charge in [-0.3, -0.25) is 4.79 Å². The van der Waals surface area contributed by atoms with Crippen LogP contribution < -0.4 is 5.43 Å². The van der Waals surface area contributed by atoms with Gasteiger partial charge in [-0.1, -0.05) is 28.1 Å². The van der Waals surface area contributed by atoms with Gasteiger partial charge < -0.3 is 9.52 Å². The predicted octanol–water partition coefficient (Wildman–Crippen LogP) is 4.95. The maximum atomic E-state index is 13.3. The Balaban J connectivity index is 2.43. The monoisotopic (exact) mass is 384 g/mol. The molecule has 0 unspecified atom stereocenters. The quantitative estimate of drug-likeness (QED) is 0.645. The number of aromatic hydroxyl groups is 1. The summed E-state index contributed by atoms with van der Waals surface area (Å²) in [4.78, 5) is 12.5. The SMILES string of the molecule is O=c1c(-c2ccc(Br)cc2)c(C(F)(F)F)oc2cc(O)ccc12. The number of benzene rings is 2. The number of hydrogen-bond donors (Lipinski definition) is 1. The summed E-state index contributed by atoms with van der Waals surface area (Å²) in [6, 6.07) is 9.32. The fourth-order valence-electron chi connectivity index (χ4n) is 2.26. The number of fused-ring (bicyclic) bond motifs is 1. The Morgan fingerprint density at radius 3 is 2.30 bits per heavy atom. The summed E-state index contributed by atoms with van der Waals surface area (Å²) in [5, 5.41) is 9.35. The number of halogens is 4. The molecule has 1 heterocycles. The lowest BCUT2D eigenvalue weighted by Crippen LogP contribution is -2.16. The molecule has 0 radical (unpaired) electrons. The Bertz CT molecular complexity index is 944. The van der Waals surface area contributed by atoms with Crippen LogP contribution in [0.5, 0.6) is 5.75 Å². The Morgan fingerprint density at radius 1 is 1.04 bits per heavy atom. The molecular formula is C16H8BrF3O3. The van der Waals surface area contributed by atoms with E-state index in [1.165, 1.54) is 36.4 Å². The van der Waals surface area contributed by atoms with Gasteiger partial charge in [0, 0.05) is 10.5 Å². The summed E-state index contributed by atoms with van der Waals surface area (Å²) in [5.74, 6) is -1.67. The molecule has 0 fully saturated rings. The van der Waals surface area contributed by atoms with E-state index in [0.717, 1.165) is 6.07 Å². The molecule has 0 spiro atoms. The first kappa shape index (κ1) is 15.6. The molecule has 0 atom stereocenters. The van der Waals surface area contributed by atoms with Gasteiger partial charge >= 0.3 is 6.18 Å². The van der Waals surface area contributed by atoms with Gasteiger partial charge in [0.2, 0.25) is 11.2 Å². The second-order valence-electron chi connectivity index (χ2n) is 4.82. The van der Waals surface area contributed by atoms with Crippen LogP contribution in [0, 0.1) is 0 Å². The number of rotatable bonds is 1. The molecule has 118 valence electrons. The highest BCUT2D eigenvalue weighted by Gasteiger charge is 2.39. The van der Waals surface area contributed by atoms with E-state index >= 15 is 0 Å². The zero-order valence-electron chi connectivity index (χ0n) is 11.3. The highest BCUT2D eigenvalue weighted by atomic mass is 79.9. The molecule has 3 nitrogen and oxygen atoms in total. The van der Waals surface area contributed by atoms with E-state index in [4.69, 9.17) is 4.42 Å². The van der Waals surface area contributed by atoms with E-state index in [-0.39, 0.29) is 22.3 Å². The highest BCUT2D eigenvalue weighted by molar-refractivity contribution is 9.10.